The number of amides is 1. The molecule has 0 saturated carbocycles. The molecule has 6 nitrogen and oxygen atoms in total. The Morgan fingerprint density at radius 3 is 2.39 bits per heavy atom. The Morgan fingerprint density at radius 2 is 1.79 bits per heavy atom. The third kappa shape index (κ3) is 5.70. The van der Waals surface area contributed by atoms with E-state index in [1.165, 1.54) is 0 Å². The van der Waals surface area contributed by atoms with E-state index in [2.05, 4.69) is 58.2 Å². The van der Waals surface area contributed by atoms with E-state index in [0.717, 1.165) is 40.7 Å². The Kier molecular flexibility index (Phi) is 7.18. The smallest absolute Gasteiger partial charge is 0.414 e. The molecule has 0 atom stereocenters. The Hall–Kier alpha value is -2.09. The molecule has 3 rings (SSSR count). The van der Waals surface area contributed by atoms with E-state index in [4.69, 9.17) is 9.16 Å². The summed E-state index contributed by atoms with van der Waals surface area (Å²) < 4.78 is 14.0. The van der Waals surface area contributed by atoms with Crippen LogP contribution in [0.3, 0.4) is 0 Å². The molecule has 0 fully saturated rings. The number of aliphatic hydroxyl groups excluding tert-OH is 1. The lowest BCUT2D eigenvalue weighted by molar-refractivity contribution is 0.0580. The highest BCUT2D eigenvalue weighted by Crippen LogP contribution is 2.38. The molecule has 0 saturated heterocycles. The third-order valence-corrected chi connectivity index (χ3v) is 11.1. The van der Waals surface area contributed by atoms with Crippen LogP contribution in [0.15, 0.2) is 30.4 Å². The van der Waals surface area contributed by atoms with Gasteiger partial charge in [0.15, 0.2) is 8.32 Å². The summed E-state index contributed by atoms with van der Waals surface area (Å²) in [6.07, 6.45) is 5.43. The van der Waals surface area contributed by atoms with Crippen molar-refractivity contribution < 1.29 is 19.1 Å². The zero-order valence-corrected chi connectivity index (χ0v) is 22.5. The molecule has 1 aliphatic heterocycles. The summed E-state index contributed by atoms with van der Waals surface area (Å²) in [6.45, 7) is 17.6. The van der Waals surface area contributed by atoms with Crippen molar-refractivity contribution in [1.29, 1.82) is 0 Å². The molecule has 1 N–H and O–H groups in total. The van der Waals surface area contributed by atoms with Crippen LogP contribution in [-0.2, 0) is 28.9 Å². The summed E-state index contributed by atoms with van der Waals surface area (Å²) in [5.74, 6) is 0. The van der Waals surface area contributed by atoms with E-state index < -0.39 is 13.9 Å². The average molecular weight is 473 g/mol. The van der Waals surface area contributed by atoms with Crippen molar-refractivity contribution in [3.63, 3.8) is 0 Å². The van der Waals surface area contributed by atoms with Crippen molar-refractivity contribution in [3.05, 3.63) is 41.6 Å². The number of anilines is 1. The fraction of sp³-hybridized carbons (Fsp3) is 0.577. The fourth-order valence-corrected chi connectivity index (χ4v) is 4.68. The van der Waals surface area contributed by atoms with Crippen LogP contribution in [0.5, 0.6) is 0 Å². The lowest BCUT2D eigenvalue weighted by atomic mass is 10.0. The SMILES string of the molecule is CC(C)(C)OC(=O)N1CCC=CCc2cc3cc(CO[Si](C)(C)C(C)(C)C)n(CO)c3cc21. The Labute approximate surface area is 199 Å². The molecule has 0 unspecified atom stereocenters. The minimum atomic E-state index is -1.93. The molecule has 0 aliphatic carbocycles. The summed E-state index contributed by atoms with van der Waals surface area (Å²) in [6, 6.07) is 6.23. The van der Waals surface area contributed by atoms with Gasteiger partial charge in [0, 0.05) is 17.6 Å². The standard InChI is InChI=1S/C26H40N2O4Si/c1-25(2,3)32-24(30)27-13-11-9-10-12-19-14-20-15-21(17-31-33(7,8)26(4,5)6)28(18-29)23(20)16-22(19)27/h9-10,14-16,29H,11-13,17-18H2,1-8H3. The number of carbonyl (C=O) groups is 1. The summed E-state index contributed by atoms with van der Waals surface area (Å²) in [7, 11) is -1.93. The van der Waals surface area contributed by atoms with Gasteiger partial charge in [-0.05, 0) is 75.5 Å². The van der Waals surface area contributed by atoms with Gasteiger partial charge in [0.1, 0.15) is 12.3 Å². The summed E-state index contributed by atoms with van der Waals surface area (Å²) >= 11 is 0. The Balaban J connectivity index is 2.04. The van der Waals surface area contributed by atoms with E-state index in [1.54, 1.807) is 4.90 Å². The molecule has 1 aliphatic rings. The number of rotatable bonds is 4. The highest BCUT2D eigenvalue weighted by molar-refractivity contribution is 6.74. The van der Waals surface area contributed by atoms with Crippen molar-refractivity contribution in [3.8, 4) is 0 Å². The van der Waals surface area contributed by atoms with E-state index in [-0.39, 0.29) is 17.9 Å². The van der Waals surface area contributed by atoms with Gasteiger partial charge in [0.2, 0.25) is 0 Å². The lowest BCUT2D eigenvalue weighted by Gasteiger charge is -2.36. The van der Waals surface area contributed by atoms with Gasteiger partial charge >= 0.3 is 6.09 Å². The summed E-state index contributed by atoms with van der Waals surface area (Å²) in [5.41, 5.74) is 3.17. The monoisotopic (exact) mass is 472 g/mol. The molecule has 182 valence electrons. The Bertz CT molecular complexity index is 1040. The van der Waals surface area contributed by atoms with E-state index in [9.17, 15) is 9.90 Å². The minimum Gasteiger partial charge on any atom is -0.443 e. The molecular formula is C26H40N2O4Si. The van der Waals surface area contributed by atoms with Gasteiger partial charge < -0.3 is 18.8 Å². The maximum Gasteiger partial charge on any atom is 0.414 e. The van der Waals surface area contributed by atoms with Gasteiger partial charge in [-0.15, -0.1) is 0 Å². The molecule has 7 heteroatoms. The number of aliphatic hydroxyl groups is 1. The zero-order valence-electron chi connectivity index (χ0n) is 21.5. The number of hydrogen-bond donors (Lipinski definition) is 1. The fourth-order valence-electron chi connectivity index (χ4n) is 3.73. The molecular weight excluding hydrogens is 432 g/mol. The van der Waals surface area contributed by atoms with Crippen LogP contribution < -0.4 is 4.90 Å². The molecule has 0 bridgehead atoms. The second-order valence-electron chi connectivity index (χ2n) is 11.4. The predicted molar refractivity (Wildman–Crippen MR) is 137 cm³/mol. The second kappa shape index (κ2) is 9.28. The first-order valence-electron chi connectivity index (χ1n) is 11.8. The van der Waals surface area contributed by atoms with E-state index in [1.807, 2.05) is 31.4 Å². The normalized spacial score (nSPS) is 15.4. The van der Waals surface area contributed by atoms with Crippen molar-refractivity contribution in [1.82, 2.24) is 4.57 Å². The van der Waals surface area contributed by atoms with Gasteiger partial charge in [-0.1, -0.05) is 32.9 Å². The molecule has 2 heterocycles. The number of aromatic nitrogens is 1. The van der Waals surface area contributed by atoms with Crippen LogP contribution >= 0.6 is 0 Å². The van der Waals surface area contributed by atoms with E-state index >= 15 is 0 Å². The number of fused-ring (bicyclic) bond motifs is 2. The van der Waals surface area contributed by atoms with Gasteiger partial charge in [-0.2, -0.15) is 0 Å². The number of benzene rings is 1. The van der Waals surface area contributed by atoms with E-state index in [0.29, 0.717) is 13.2 Å². The zero-order chi connectivity index (χ0) is 24.6. The molecule has 2 aromatic rings. The first kappa shape index (κ1) is 25.5. The van der Waals surface area contributed by atoms with Gasteiger partial charge in [0.05, 0.1) is 17.8 Å². The number of ether oxygens (including phenoxy) is 1. The third-order valence-electron chi connectivity index (χ3n) is 6.64. The van der Waals surface area contributed by atoms with Gasteiger partial charge in [0.25, 0.3) is 0 Å². The maximum absolute atomic E-state index is 13.1. The average Bonchev–Trinajstić information content (AvgIpc) is 3.00. The van der Waals surface area contributed by atoms with Crippen LogP contribution in [0.1, 0.15) is 59.2 Å². The largest absolute Gasteiger partial charge is 0.443 e. The van der Waals surface area contributed by atoms with Crippen molar-refractivity contribution in [2.45, 2.75) is 91.5 Å². The number of hydrogen-bond acceptors (Lipinski definition) is 4. The molecule has 0 spiro atoms. The van der Waals surface area contributed by atoms with Crippen LogP contribution in [0.2, 0.25) is 18.1 Å². The topological polar surface area (TPSA) is 63.9 Å². The molecule has 1 aromatic carbocycles. The van der Waals surface area contributed by atoms with Crippen LogP contribution in [0.25, 0.3) is 10.9 Å². The number of allylic oxidation sites excluding steroid dienone is 1. The lowest BCUT2D eigenvalue weighted by Crippen LogP contribution is -2.40. The quantitative estimate of drug-likeness (QED) is 0.415. The minimum absolute atomic E-state index is 0.110. The first-order chi connectivity index (χ1) is 15.2. The molecule has 1 amide bonds. The highest BCUT2D eigenvalue weighted by atomic mass is 28.4. The van der Waals surface area contributed by atoms with Gasteiger partial charge in [-0.25, -0.2) is 4.79 Å². The van der Waals surface area contributed by atoms with Crippen molar-refractivity contribution in [2.24, 2.45) is 0 Å². The molecule has 1 aromatic heterocycles. The molecule has 0 radical (unpaired) electrons. The van der Waals surface area contributed by atoms with Gasteiger partial charge in [-0.3, -0.25) is 4.90 Å². The summed E-state index contributed by atoms with van der Waals surface area (Å²) in [4.78, 5) is 14.8. The highest BCUT2D eigenvalue weighted by Gasteiger charge is 2.37. The predicted octanol–water partition coefficient (Wildman–Crippen LogP) is 6.36. The maximum atomic E-state index is 13.1. The molecule has 33 heavy (non-hydrogen) atoms. The first-order valence-corrected chi connectivity index (χ1v) is 14.7. The van der Waals surface area contributed by atoms with Crippen molar-refractivity contribution in [2.75, 3.05) is 11.4 Å². The van der Waals surface area contributed by atoms with Crippen LogP contribution in [-0.4, -0.2) is 36.2 Å². The number of carbonyl (C=O) groups excluding carboxylic acids is 1. The van der Waals surface area contributed by atoms with Crippen molar-refractivity contribution >= 4 is 31.0 Å². The van der Waals surface area contributed by atoms with Crippen LogP contribution in [0.4, 0.5) is 10.5 Å². The number of nitrogens with zero attached hydrogens (tertiary/aromatic N) is 2. The summed E-state index contributed by atoms with van der Waals surface area (Å²) in [5, 5.41) is 11.4. The Morgan fingerprint density at radius 1 is 1.09 bits per heavy atom. The second-order valence-corrected chi connectivity index (χ2v) is 16.2. The van der Waals surface area contributed by atoms with Crippen LogP contribution in [0, 0.1) is 0 Å².